The zero-order chi connectivity index (χ0) is 17.8. The average Bonchev–Trinajstić information content (AvgIpc) is 2.93. The van der Waals surface area contributed by atoms with Crippen molar-refractivity contribution < 1.29 is 5.11 Å². The number of aliphatic hydroxyl groups excluding tert-OH is 1. The number of hydrogen-bond donors (Lipinski definition) is 2. The summed E-state index contributed by atoms with van der Waals surface area (Å²) in [6.45, 7) is 6.69. The molecular formula is C21H27N3O. The summed E-state index contributed by atoms with van der Waals surface area (Å²) in [6, 6.07) is 2.14. The van der Waals surface area contributed by atoms with Gasteiger partial charge in [0.2, 0.25) is 0 Å². The summed E-state index contributed by atoms with van der Waals surface area (Å²) in [7, 11) is 2.16. The predicted molar refractivity (Wildman–Crippen MR) is 103 cm³/mol. The number of aromatic nitrogens is 2. The van der Waals surface area contributed by atoms with E-state index in [9.17, 15) is 0 Å². The van der Waals surface area contributed by atoms with Gasteiger partial charge in [-0.15, -0.1) is 0 Å². The number of nitrogens with zero attached hydrogens (tertiary/aromatic N) is 2. The van der Waals surface area contributed by atoms with Crippen LogP contribution in [0.5, 0.6) is 0 Å². The molecule has 1 aliphatic heterocycles. The van der Waals surface area contributed by atoms with Gasteiger partial charge in [0.05, 0.1) is 6.61 Å². The van der Waals surface area contributed by atoms with Gasteiger partial charge >= 0.3 is 0 Å². The quantitative estimate of drug-likeness (QED) is 0.842. The number of nitrogens with one attached hydrogen (secondary N) is 1. The fourth-order valence-electron chi connectivity index (χ4n) is 3.30. The maximum atomic E-state index is 8.89. The Morgan fingerprint density at radius 2 is 2.24 bits per heavy atom. The largest absolute Gasteiger partial charge is 0.395 e. The Bertz CT molecular complexity index is 836. The highest BCUT2D eigenvalue weighted by Crippen LogP contribution is 2.31. The summed E-state index contributed by atoms with van der Waals surface area (Å²) in [5.41, 5.74) is 5.87. The molecule has 3 rings (SSSR count). The molecular weight excluding hydrogens is 310 g/mol. The molecule has 0 aromatic carbocycles. The van der Waals surface area contributed by atoms with Crippen molar-refractivity contribution in [3.8, 4) is 11.8 Å². The molecule has 0 spiro atoms. The molecule has 0 atom stereocenters. The highest BCUT2D eigenvalue weighted by molar-refractivity contribution is 5.88. The Hall–Kier alpha value is -2.09. The number of rotatable bonds is 4. The molecule has 4 nitrogen and oxygen atoms in total. The van der Waals surface area contributed by atoms with E-state index in [4.69, 9.17) is 5.11 Å². The minimum absolute atomic E-state index is 0.0954. The van der Waals surface area contributed by atoms with Crippen LogP contribution < -0.4 is 0 Å². The van der Waals surface area contributed by atoms with Crippen molar-refractivity contribution in [1.82, 2.24) is 14.9 Å². The monoisotopic (exact) mass is 337 g/mol. The first kappa shape index (κ1) is 17.7. The SMILES string of the molecule is CC(C)Cc1c(C2=CCN(C)CC2)[nH]c2ncc(C#CCCO)cc12. The Morgan fingerprint density at radius 3 is 2.92 bits per heavy atom. The third-order valence-electron chi connectivity index (χ3n) is 4.57. The minimum atomic E-state index is 0.0954. The van der Waals surface area contributed by atoms with Gasteiger partial charge in [-0.2, -0.15) is 0 Å². The van der Waals surface area contributed by atoms with E-state index in [1.54, 1.807) is 0 Å². The molecule has 4 heteroatoms. The molecule has 0 fully saturated rings. The molecule has 2 N–H and O–H groups in total. The Balaban J connectivity index is 2.06. The van der Waals surface area contributed by atoms with Crippen LogP contribution in [-0.2, 0) is 6.42 Å². The summed E-state index contributed by atoms with van der Waals surface area (Å²) in [5, 5.41) is 10.1. The summed E-state index contributed by atoms with van der Waals surface area (Å²) < 4.78 is 0. The molecule has 1 aliphatic rings. The number of likely N-dealkylation sites (N-methyl/N-ethyl adjacent to an activating group) is 1. The van der Waals surface area contributed by atoms with Crippen molar-refractivity contribution in [3.63, 3.8) is 0 Å². The van der Waals surface area contributed by atoms with Crippen molar-refractivity contribution in [2.24, 2.45) is 5.92 Å². The lowest BCUT2D eigenvalue weighted by Crippen LogP contribution is -2.24. The van der Waals surface area contributed by atoms with E-state index >= 15 is 0 Å². The van der Waals surface area contributed by atoms with Crippen LogP contribution in [0.4, 0.5) is 0 Å². The van der Waals surface area contributed by atoms with Crippen LogP contribution in [0.15, 0.2) is 18.3 Å². The molecule has 2 aromatic rings. The number of aliphatic hydroxyl groups is 1. The van der Waals surface area contributed by atoms with Crippen LogP contribution in [0.3, 0.4) is 0 Å². The molecule has 0 aliphatic carbocycles. The minimum Gasteiger partial charge on any atom is -0.395 e. The zero-order valence-corrected chi connectivity index (χ0v) is 15.4. The first-order valence-electron chi connectivity index (χ1n) is 9.06. The van der Waals surface area contributed by atoms with Gasteiger partial charge in [0, 0.05) is 42.4 Å². The van der Waals surface area contributed by atoms with Gasteiger partial charge in [0.25, 0.3) is 0 Å². The van der Waals surface area contributed by atoms with Crippen LogP contribution in [0.2, 0.25) is 0 Å². The zero-order valence-electron chi connectivity index (χ0n) is 15.4. The molecule has 25 heavy (non-hydrogen) atoms. The molecule has 0 unspecified atom stereocenters. The van der Waals surface area contributed by atoms with Crippen LogP contribution in [0.1, 0.15) is 43.5 Å². The summed E-state index contributed by atoms with van der Waals surface area (Å²) in [6.07, 6.45) is 6.74. The Labute approximate surface area is 150 Å². The van der Waals surface area contributed by atoms with E-state index in [2.05, 4.69) is 59.7 Å². The van der Waals surface area contributed by atoms with Crippen molar-refractivity contribution in [2.45, 2.75) is 33.1 Å². The molecule has 0 amide bonds. The summed E-state index contributed by atoms with van der Waals surface area (Å²) >= 11 is 0. The van der Waals surface area contributed by atoms with Gasteiger partial charge < -0.3 is 15.0 Å². The summed E-state index contributed by atoms with van der Waals surface area (Å²) in [5.74, 6) is 6.67. The number of aromatic amines is 1. The first-order valence-corrected chi connectivity index (χ1v) is 9.06. The number of hydrogen-bond acceptors (Lipinski definition) is 3. The Morgan fingerprint density at radius 1 is 1.40 bits per heavy atom. The van der Waals surface area contributed by atoms with E-state index < -0.39 is 0 Å². The van der Waals surface area contributed by atoms with E-state index in [-0.39, 0.29) is 6.61 Å². The van der Waals surface area contributed by atoms with E-state index in [1.165, 1.54) is 22.2 Å². The standard InChI is InChI=1S/C21H27N3O/c1-15(2)12-18-19-13-16(6-4-5-11-25)14-22-21(19)23-20(18)17-7-9-24(3)10-8-17/h7,13-15,25H,5,8-12H2,1-3H3,(H,22,23). The molecule has 0 bridgehead atoms. The van der Waals surface area contributed by atoms with Crippen LogP contribution in [-0.4, -0.2) is 46.7 Å². The molecule has 0 saturated carbocycles. The van der Waals surface area contributed by atoms with Gasteiger partial charge in [-0.1, -0.05) is 31.8 Å². The smallest absolute Gasteiger partial charge is 0.138 e. The highest BCUT2D eigenvalue weighted by Gasteiger charge is 2.19. The highest BCUT2D eigenvalue weighted by atomic mass is 16.2. The topological polar surface area (TPSA) is 52.2 Å². The number of fused-ring (bicyclic) bond motifs is 1. The lowest BCUT2D eigenvalue weighted by atomic mass is 9.94. The molecule has 0 radical (unpaired) electrons. The van der Waals surface area contributed by atoms with Crippen molar-refractivity contribution in [3.05, 3.63) is 35.2 Å². The Kier molecular flexibility index (Phi) is 5.57. The van der Waals surface area contributed by atoms with Crippen molar-refractivity contribution in [1.29, 1.82) is 0 Å². The molecule has 2 aromatic heterocycles. The number of pyridine rings is 1. The van der Waals surface area contributed by atoms with Gasteiger partial charge in [-0.25, -0.2) is 4.98 Å². The molecule has 132 valence electrons. The van der Waals surface area contributed by atoms with E-state index in [1.807, 2.05) is 6.20 Å². The van der Waals surface area contributed by atoms with Crippen LogP contribution >= 0.6 is 0 Å². The lowest BCUT2D eigenvalue weighted by molar-refractivity contribution is 0.305. The molecule has 0 saturated heterocycles. The fourth-order valence-corrected chi connectivity index (χ4v) is 3.30. The van der Waals surface area contributed by atoms with E-state index in [0.29, 0.717) is 12.3 Å². The van der Waals surface area contributed by atoms with Gasteiger partial charge in [-0.05, 0) is 43.0 Å². The van der Waals surface area contributed by atoms with Gasteiger partial charge in [-0.3, -0.25) is 0 Å². The van der Waals surface area contributed by atoms with E-state index in [0.717, 1.165) is 37.1 Å². The maximum absolute atomic E-state index is 8.89. The van der Waals surface area contributed by atoms with Gasteiger partial charge in [0.1, 0.15) is 5.65 Å². The second-order valence-electron chi connectivity index (χ2n) is 7.21. The average molecular weight is 337 g/mol. The number of H-pyrrole nitrogens is 1. The van der Waals surface area contributed by atoms with Crippen molar-refractivity contribution in [2.75, 3.05) is 26.7 Å². The fraction of sp³-hybridized carbons (Fsp3) is 0.476. The first-order chi connectivity index (χ1) is 12.1. The third-order valence-corrected chi connectivity index (χ3v) is 4.57. The maximum Gasteiger partial charge on any atom is 0.138 e. The second kappa shape index (κ2) is 7.86. The van der Waals surface area contributed by atoms with Gasteiger partial charge in [0.15, 0.2) is 0 Å². The summed E-state index contributed by atoms with van der Waals surface area (Å²) in [4.78, 5) is 10.5. The normalized spacial score (nSPS) is 15.3. The van der Waals surface area contributed by atoms with Crippen molar-refractivity contribution >= 4 is 16.6 Å². The third kappa shape index (κ3) is 4.12. The second-order valence-corrected chi connectivity index (χ2v) is 7.21. The predicted octanol–water partition coefficient (Wildman–Crippen LogP) is 3.21. The molecule has 3 heterocycles. The van der Waals surface area contributed by atoms with Crippen LogP contribution in [0.25, 0.3) is 16.6 Å². The van der Waals surface area contributed by atoms with Crippen LogP contribution in [0, 0.1) is 17.8 Å². The lowest BCUT2D eigenvalue weighted by Gasteiger charge is -2.22.